The van der Waals surface area contributed by atoms with Crippen LogP contribution in [0, 0.1) is 11.7 Å². The van der Waals surface area contributed by atoms with Gasteiger partial charge in [0, 0.05) is 44.9 Å². The minimum absolute atomic E-state index is 0.0459. The van der Waals surface area contributed by atoms with Crippen molar-refractivity contribution in [3.8, 4) is 0 Å². The van der Waals surface area contributed by atoms with Gasteiger partial charge in [0.2, 0.25) is 0 Å². The fourth-order valence-electron chi connectivity index (χ4n) is 5.04. The number of likely N-dealkylation sites (tertiary alicyclic amines) is 1. The Kier molecular flexibility index (Phi) is 11.2. The predicted molar refractivity (Wildman–Crippen MR) is 165 cm³/mol. The van der Waals surface area contributed by atoms with Gasteiger partial charge in [0.15, 0.2) is 5.78 Å². The molecule has 0 radical (unpaired) electrons. The first-order valence-corrected chi connectivity index (χ1v) is 15.7. The molecule has 0 saturated carbocycles. The first kappa shape index (κ1) is 31.3. The molecule has 2 N–H and O–H groups in total. The van der Waals surface area contributed by atoms with E-state index in [1.807, 2.05) is 11.8 Å². The lowest BCUT2D eigenvalue weighted by molar-refractivity contribution is -0.134. The molecule has 2 aliphatic heterocycles. The molecule has 0 spiro atoms. The number of hydrogen-bond acceptors (Lipinski definition) is 7. The second-order valence-corrected chi connectivity index (χ2v) is 11.9. The van der Waals surface area contributed by atoms with Crippen molar-refractivity contribution in [2.24, 2.45) is 5.92 Å². The van der Waals surface area contributed by atoms with Crippen LogP contribution in [0.3, 0.4) is 0 Å². The van der Waals surface area contributed by atoms with Crippen molar-refractivity contribution in [1.29, 1.82) is 0 Å². The highest BCUT2D eigenvalue weighted by molar-refractivity contribution is 8.00. The van der Waals surface area contributed by atoms with Crippen LogP contribution in [-0.4, -0.2) is 65.3 Å². The fourth-order valence-corrected chi connectivity index (χ4v) is 6.55. The molecule has 0 amide bonds. The van der Waals surface area contributed by atoms with Gasteiger partial charge in [-0.3, -0.25) is 4.79 Å². The van der Waals surface area contributed by atoms with Crippen molar-refractivity contribution in [3.05, 3.63) is 90.3 Å². The standard InChI is InChI=1S/C28H29FN2OS2.C4H4O4/c1-33-23-11-12-27-25(19-23)31(24-5-2-3-6-26(24)34-27)16-4-15-30-17-13-21(14-18-30)28(32)20-7-9-22(29)10-8-20;5-3(6)1-2-4(7)8/h2-3,5-12,19,21H,4,13-18H2,1H3;1-2H,(H,5,6)(H,7,8)/b;2-1+. The first-order chi connectivity index (χ1) is 20.2. The van der Waals surface area contributed by atoms with E-state index in [2.05, 4.69) is 58.5 Å². The molecule has 0 bridgehead atoms. The number of rotatable bonds is 9. The van der Waals surface area contributed by atoms with Crippen molar-refractivity contribution in [1.82, 2.24) is 4.90 Å². The molecule has 2 aliphatic rings. The quantitative estimate of drug-likeness (QED) is 0.154. The highest BCUT2D eigenvalue weighted by Crippen LogP contribution is 2.48. The Labute approximate surface area is 253 Å². The highest BCUT2D eigenvalue weighted by Gasteiger charge is 2.27. The van der Waals surface area contributed by atoms with Crippen LogP contribution >= 0.6 is 23.5 Å². The molecule has 7 nitrogen and oxygen atoms in total. The minimum Gasteiger partial charge on any atom is -0.478 e. The van der Waals surface area contributed by atoms with E-state index in [4.69, 9.17) is 10.2 Å². The number of hydrogen-bond donors (Lipinski definition) is 2. The van der Waals surface area contributed by atoms with Gasteiger partial charge in [-0.05, 0) is 99.7 Å². The number of carboxylic acid groups (broad SMARTS) is 2. The largest absolute Gasteiger partial charge is 0.478 e. The molecule has 1 saturated heterocycles. The number of nitrogens with zero attached hydrogens (tertiary/aromatic N) is 2. The minimum atomic E-state index is -1.26. The number of carbonyl (C=O) groups is 3. The number of aliphatic carboxylic acids is 2. The van der Waals surface area contributed by atoms with Crippen molar-refractivity contribution in [3.63, 3.8) is 0 Å². The summed E-state index contributed by atoms with van der Waals surface area (Å²) in [6.07, 6.45) is 6.06. The third-order valence-corrected chi connectivity index (χ3v) is 9.00. The van der Waals surface area contributed by atoms with Crippen molar-refractivity contribution < 1.29 is 29.0 Å². The van der Waals surface area contributed by atoms with Crippen LogP contribution in [0.4, 0.5) is 15.8 Å². The molecule has 0 aliphatic carbocycles. The number of thioether (sulfide) groups is 1. The van der Waals surface area contributed by atoms with E-state index >= 15 is 0 Å². The van der Waals surface area contributed by atoms with Gasteiger partial charge in [-0.2, -0.15) is 0 Å². The van der Waals surface area contributed by atoms with E-state index in [0.717, 1.165) is 45.4 Å². The molecule has 3 aromatic rings. The lowest BCUT2D eigenvalue weighted by Gasteiger charge is -2.35. The Morgan fingerprint density at radius 3 is 2.19 bits per heavy atom. The molecule has 42 heavy (non-hydrogen) atoms. The molecule has 220 valence electrons. The van der Waals surface area contributed by atoms with E-state index in [1.165, 1.54) is 38.2 Å². The van der Waals surface area contributed by atoms with Gasteiger partial charge in [-0.1, -0.05) is 23.9 Å². The molecule has 2 heterocycles. The Hall–Kier alpha value is -3.60. The van der Waals surface area contributed by atoms with E-state index in [1.54, 1.807) is 23.9 Å². The SMILES string of the molecule is CSc1ccc2c(c1)N(CCCN1CCC(C(=O)c3ccc(F)cc3)CC1)c1ccccc1S2.O=C(O)/C=C/C(=O)O. The van der Waals surface area contributed by atoms with Gasteiger partial charge in [0.05, 0.1) is 11.4 Å². The van der Waals surface area contributed by atoms with Gasteiger partial charge in [0.25, 0.3) is 0 Å². The molecule has 5 rings (SSSR count). The number of carboxylic acids is 2. The third kappa shape index (κ3) is 8.47. The summed E-state index contributed by atoms with van der Waals surface area (Å²) in [4.78, 5) is 40.8. The van der Waals surface area contributed by atoms with Gasteiger partial charge in [-0.25, -0.2) is 14.0 Å². The molecule has 0 unspecified atom stereocenters. The van der Waals surface area contributed by atoms with E-state index in [9.17, 15) is 18.8 Å². The van der Waals surface area contributed by atoms with Crippen LogP contribution < -0.4 is 4.90 Å². The van der Waals surface area contributed by atoms with Crippen LogP contribution in [0.5, 0.6) is 0 Å². The number of halogens is 1. The second kappa shape index (κ2) is 15.0. The average Bonchev–Trinajstić information content (AvgIpc) is 3.00. The summed E-state index contributed by atoms with van der Waals surface area (Å²) in [5.74, 6) is -2.61. The number of piperidine rings is 1. The van der Waals surface area contributed by atoms with E-state index in [-0.39, 0.29) is 17.5 Å². The average molecular weight is 609 g/mol. The number of ketones is 1. The van der Waals surface area contributed by atoms with Crippen LogP contribution in [0.15, 0.2) is 93.6 Å². The Morgan fingerprint density at radius 2 is 1.55 bits per heavy atom. The second-order valence-electron chi connectivity index (χ2n) is 9.91. The van der Waals surface area contributed by atoms with Crippen LogP contribution in [0.25, 0.3) is 0 Å². The maximum Gasteiger partial charge on any atom is 0.328 e. The fraction of sp³-hybridized carbons (Fsp3) is 0.281. The molecule has 3 aromatic carbocycles. The molecule has 10 heteroatoms. The molecule has 0 aromatic heterocycles. The van der Waals surface area contributed by atoms with Crippen LogP contribution in [0.1, 0.15) is 29.6 Å². The molecular formula is C32H33FN2O5S2. The maximum atomic E-state index is 13.2. The number of para-hydroxylation sites is 1. The Morgan fingerprint density at radius 1 is 0.905 bits per heavy atom. The van der Waals surface area contributed by atoms with Crippen molar-refractivity contribution in [2.45, 2.75) is 33.9 Å². The summed E-state index contributed by atoms with van der Waals surface area (Å²) >= 11 is 3.64. The third-order valence-electron chi connectivity index (χ3n) is 7.14. The number of fused-ring (bicyclic) bond motifs is 2. The normalized spacial score (nSPS) is 15.0. The van der Waals surface area contributed by atoms with Crippen molar-refractivity contribution in [2.75, 3.05) is 37.3 Å². The molecular weight excluding hydrogens is 575 g/mol. The predicted octanol–water partition coefficient (Wildman–Crippen LogP) is 6.85. The van der Waals surface area contributed by atoms with Crippen LogP contribution in [-0.2, 0) is 9.59 Å². The number of anilines is 2. The van der Waals surface area contributed by atoms with E-state index < -0.39 is 11.9 Å². The summed E-state index contributed by atoms with van der Waals surface area (Å²) in [5, 5.41) is 15.6. The van der Waals surface area contributed by atoms with E-state index in [0.29, 0.717) is 17.7 Å². The Balaban J connectivity index is 0.000000446. The monoisotopic (exact) mass is 608 g/mol. The zero-order valence-corrected chi connectivity index (χ0v) is 24.9. The van der Waals surface area contributed by atoms with Gasteiger partial charge in [0.1, 0.15) is 5.82 Å². The number of Topliss-reactive ketones (excluding diaryl/α,β-unsaturated/α-hetero) is 1. The van der Waals surface area contributed by atoms with Crippen LogP contribution in [0.2, 0.25) is 0 Å². The number of benzene rings is 3. The zero-order chi connectivity index (χ0) is 30.1. The summed E-state index contributed by atoms with van der Waals surface area (Å²) in [6.45, 7) is 3.88. The summed E-state index contributed by atoms with van der Waals surface area (Å²) in [5.41, 5.74) is 3.23. The summed E-state index contributed by atoms with van der Waals surface area (Å²) in [6, 6.07) is 21.4. The zero-order valence-electron chi connectivity index (χ0n) is 23.2. The summed E-state index contributed by atoms with van der Waals surface area (Å²) in [7, 11) is 0. The smallest absolute Gasteiger partial charge is 0.328 e. The highest BCUT2D eigenvalue weighted by atomic mass is 32.2. The van der Waals surface area contributed by atoms with Crippen molar-refractivity contribution >= 4 is 52.6 Å². The Bertz CT molecular complexity index is 1420. The molecule has 0 atom stereocenters. The maximum absolute atomic E-state index is 13.2. The first-order valence-electron chi connectivity index (χ1n) is 13.6. The van der Waals surface area contributed by atoms with Gasteiger partial charge < -0.3 is 20.0 Å². The molecule has 1 fully saturated rings. The topological polar surface area (TPSA) is 98.2 Å². The van der Waals surface area contributed by atoms with Gasteiger partial charge in [-0.15, -0.1) is 11.8 Å². The lowest BCUT2D eigenvalue weighted by Crippen LogP contribution is -2.38. The number of carbonyl (C=O) groups excluding carboxylic acids is 1. The lowest BCUT2D eigenvalue weighted by atomic mass is 9.89. The summed E-state index contributed by atoms with van der Waals surface area (Å²) < 4.78 is 13.2. The van der Waals surface area contributed by atoms with Gasteiger partial charge >= 0.3 is 11.9 Å².